The highest BCUT2D eigenvalue weighted by Gasteiger charge is 2.33. The summed E-state index contributed by atoms with van der Waals surface area (Å²) in [4.78, 5) is 4.01. The van der Waals surface area contributed by atoms with Crippen molar-refractivity contribution in [3.8, 4) is 0 Å². The van der Waals surface area contributed by atoms with Crippen molar-refractivity contribution in [3.05, 3.63) is 35.9 Å². The van der Waals surface area contributed by atoms with Crippen LogP contribution in [0.5, 0.6) is 0 Å². The van der Waals surface area contributed by atoms with E-state index in [0.29, 0.717) is 25.2 Å². The molecule has 0 amide bonds. The molecule has 0 bridgehead atoms. The first kappa shape index (κ1) is 11.9. The highest BCUT2D eigenvalue weighted by atomic mass is 19.4. The fourth-order valence-corrected chi connectivity index (χ4v) is 1.76. The van der Waals surface area contributed by atoms with Crippen LogP contribution in [0.2, 0.25) is 0 Å². The van der Waals surface area contributed by atoms with Crippen molar-refractivity contribution in [2.75, 3.05) is 6.54 Å². The molecule has 2 aromatic rings. The lowest BCUT2D eigenvalue weighted by Gasteiger charge is -2.08. The van der Waals surface area contributed by atoms with Crippen LogP contribution in [0.3, 0.4) is 0 Å². The normalized spacial score (nSPS) is 12.2. The Balaban J connectivity index is 2.49. The van der Waals surface area contributed by atoms with Crippen LogP contribution in [0.1, 0.15) is 17.8 Å². The van der Waals surface area contributed by atoms with E-state index in [-0.39, 0.29) is 5.52 Å². The zero-order valence-corrected chi connectivity index (χ0v) is 9.04. The van der Waals surface area contributed by atoms with Crippen molar-refractivity contribution in [2.24, 2.45) is 5.73 Å². The van der Waals surface area contributed by atoms with Gasteiger partial charge in [-0.3, -0.25) is 0 Å². The predicted octanol–water partition coefficient (Wildman–Crippen LogP) is 2.24. The standard InChI is InChI=1S/C11H12F3N3/c12-11(13,14)8-3-2-6-17-9(8)7-16-10(17)4-1-5-15/h2-3,6-7H,1,4-5,15H2. The molecule has 0 aromatic carbocycles. The molecule has 0 fully saturated rings. The van der Waals surface area contributed by atoms with Crippen molar-refractivity contribution in [3.63, 3.8) is 0 Å². The first-order chi connectivity index (χ1) is 8.04. The number of alkyl halides is 3. The molecule has 0 spiro atoms. The third kappa shape index (κ3) is 2.26. The van der Waals surface area contributed by atoms with Crippen LogP contribution in [-0.2, 0) is 12.6 Å². The molecule has 3 nitrogen and oxygen atoms in total. The van der Waals surface area contributed by atoms with Gasteiger partial charge < -0.3 is 10.1 Å². The van der Waals surface area contributed by atoms with E-state index in [2.05, 4.69) is 4.98 Å². The van der Waals surface area contributed by atoms with Gasteiger partial charge in [-0.1, -0.05) is 0 Å². The van der Waals surface area contributed by atoms with E-state index in [1.54, 1.807) is 6.20 Å². The number of hydrogen-bond acceptors (Lipinski definition) is 2. The molecule has 17 heavy (non-hydrogen) atoms. The first-order valence-electron chi connectivity index (χ1n) is 5.26. The van der Waals surface area contributed by atoms with Gasteiger partial charge in [0.25, 0.3) is 0 Å². The number of pyridine rings is 1. The number of hydrogen-bond donors (Lipinski definition) is 1. The number of imidazole rings is 1. The predicted molar refractivity (Wildman–Crippen MR) is 57.6 cm³/mol. The van der Waals surface area contributed by atoms with Crippen LogP contribution in [0, 0.1) is 0 Å². The Hall–Kier alpha value is -1.56. The Labute approximate surface area is 96.1 Å². The van der Waals surface area contributed by atoms with Gasteiger partial charge in [-0.25, -0.2) is 4.98 Å². The molecule has 0 atom stereocenters. The van der Waals surface area contributed by atoms with Crippen molar-refractivity contribution < 1.29 is 13.2 Å². The van der Waals surface area contributed by atoms with Crippen molar-refractivity contribution in [1.82, 2.24) is 9.38 Å². The van der Waals surface area contributed by atoms with Gasteiger partial charge in [0, 0.05) is 12.6 Å². The molecule has 0 aliphatic carbocycles. The smallest absolute Gasteiger partial charge is 0.330 e. The zero-order valence-electron chi connectivity index (χ0n) is 9.04. The molecule has 2 heterocycles. The fraction of sp³-hybridized carbons (Fsp3) is 0.364. The molecular weight excluding hydrogens is 231 g/mol. The van der Waals surface area contributed by atoms with Crippen LogP contribution in [-0.4, -0.2) is 15.9 Å². The van der Waals surface area contributed by atoms with Crippen LogP contribution in [0.4, 0.5) is 13.2 Å². The van der Waals surface area contributed by atoms with E-state index in [4.69, 9.17) is 5.73 Å². The number of halogens is 3. The molecule has 0 radical (unpaired) electrons. The Morgan fingerprint density at radius 3 is 2.76 bits per heavy atom. The Bertz CT molecular complexity index is 516. The second-order valence-corrected chi connectivity index (χ2v) is 3.74. The second-order valence-electron chi connectivity index (χ2n) is 3.74. The van der Waals surface area contributed by atoms with Gasteiger partial charge >= 0.3 is 6.18 Å². The van der Waals surface area contributed by atoms with Gasteiger partial charge in [-0.15, -0.1) is 0 Å². The molecule has 2 rings (SSSR count). The summed E-state index contributed by atoms with van der Waals surface area (Å²) in [7, 11) is 0. The lowest BCUT2D eigenvalue weighted by Crippen LogP contribution is -2.08. The minimum atomic E-state index is -4.35. The van der Waals surface area contributed by atoms with E-state index in [1.807, 2.05) is 0 Å². The lowest BCUT2D eigenvalue weighted by atomic mass is 10.2. The van der Waals surface area contributed by atoms with Gasteiger partial charge in [-0.05, 0) is 25.1 Å². The summed E-state index contributed by atoms with van der Waals surface area (Å²) in [6.07, 6.45) is -0.229. The molecule has 0 saturated heterocycles. The van der Waals surface area contributed by atoms with Crippen molar-refractivity contribution in [2.45, 2.75) is 19.0 Å². The fourth-order valence-electron chi connectivity index (χ4n) is 1.76. The number of rotatable bonds is 3. The van der Waals surface area contributed by atoms with Crippen LogP contribution in [0.25, 0.3) is 5.52 Å². The monoisotopic (exact) mass is 243 g/mol. The van der Waals surface area contributed by atoms with Gasteiger partial charge in [0.15, 0.2) is 0 Å². The summed E-state index contributed by atoms with van der Waals surface area (Å²) in [5, 5.41) is 0. The Morgan fingerprint density at radius 1 is 1.35 bits per heavy atom. The molecular formula is C11H12F3N3. The van der Waals surface area contributed by atoms with Gasteiger partial charge in [0.1, 0.15) is 5.82 Å². The maximum atomic E-state index is 12.7. The van der Waals surface area contributed by atoms with E-state index in [1.165, 1.54) is 16.7 Å². The summed E-state index contributed by atoms with van der Waals surface area (Å²) >= 11 is 0. The van der Waals surface area contributed by atoms with Gasteiger partial charge in [0.05, 0.1) is 17.3 Å². The van der Waals surface area contributed by atoms with Gasteiger partial charge in [0.2, 0.25) is 0 Å². The highest BCUT2D eigenvalue weighted by Crippen LogP contribution is 2.32. The summed E-state index contributed by atoms with van der Waals surface area (Å²) in [6, 6.07) is 2.44. The van der Waals surface area contributed by atoms with E-state index in [9.17, 15) is 13.2 Å². The molecule has 0 unspecified atom stereocenters. The Morgan fingerprint density at radius 2 is 2.12 bits per heavy atom. The summed E-state index contributed by atoms with van der Waals surface area (Å²) in [5.41, 5.74) is 4.80. The zero-order chi connectivity index (χ0) is 12.5. The number of aromatic nitrogens is 2. The molecule has 92 valence electrons. The van der Waals surface area contributed by atoms with Crippen molar-refractivity contribution in [1.29, 1.82) is 0 Å². The second kappa shape index (κ2) is 4.37. The minimum Gasteiger partial charge on any atom is -0.330 e. The van der Waals surface area contributed by atoms with Crippen LogP contribution in [0.15, 0.2) is 24.5 Å². The van der Waals surface area contributed by atoms with E-state index >= 15 is 0 Å². The molecule has 0 aliphatic heterocycles. The minimum absolute atomic E-state index is 0.0898. The molecule has 0 saturated carbocycles. The third-order valence-corrected chi connectivity index (χ3v) is 2.56. The average molecular weight is 243 g/mol. The quantitative estimate of drug-likeness (QED) is 0.898. The largest absolute Gasteiger partial charge is 0.418 e. The van der Waals surface area contributed by atoms with Crippen molar-refractivity contribution >= 4 is 5.52 Å². The van der Waals surface area contributed by atoms with Crippen LogP contribution < -0.4 is 5.73 Å². The number of aryl methyl sites for hydroxylation is 1. The topological polar surface area (TPSA) is 43.3 Å². The average Bonchev–Trinajstić information content (AvgIpc) is 2.67. The SMILES string of the molecule is NCCCc1ncc2c(C(F)(F)F)cccn12. The number of nitrogens with zero attached hydrogens (tertiary/aromatic N) is 2. The molecule has 0 aliphatic rings. The Kier molecular flexibility index (Phi) is 3.06. The molecule has 6 heteroatoms. The highest BCUT2D eigenvalue weighted by molar-refractivity contribution is 5.55. The summed E-state index contributed by atoms with van der Waals surface area (Å²) in [6.45, 7) is 0.494. The van der Waals surface area contributed by atoms with E-state index in [0.717, 1.165) is 6.07 Å². The number of nitrogens with two attached hydrogens (primary N) is 1. The van der Waals surface area contributed by atoms with E-state index < -0.39 is 11.7 Å². The van der Waals surface area contributed by atoms with Crippen LogP contribution >= 0.6 is 0 Å². The maximum Gasteiger partial charge on any atom is 0.418 e. The summed E-state index contributed by atoms with van der Waals surface area (Å²) in [5.74, 6) is 0.608. The third-order valence-electron chi connectivity index (χ3n) is 2.56. The maximum absolute atomic E-state index is 12.7. The molecule has 2 N–H and O–H groups in total. The van der Waals surface area contributed by atoms with Gasteiger partial charge in [-0.2, -0.15) is 13.2 Å². The first-order valence-corrected chi connectivity index (χ1v) is 5.26. The summed E-state index contributed by atoms with van der Waals surface area (Å²) < 4.78 is 39.6. The molecule has 2 aromatic heterocycles. The lowest BCUT2D eigenvalue weighted by molar-refractivity contribution is -0.136. The number of fused-ring (bicyclic) bond motifs is 1.